The number of carbonyl (C=O) groups is 1. The highest BCUT2D eigenvalue weighted by atomic mass is 35.5. The molecule has 21 heavy (non-hydrogen) atoms. The summed E-state index contributed by atoms with van der Waals surface area (Å²) in [5.74, 6) is 0.704. The van der Waals surface area contributed by atoms with E-state index in [-0.39, 0.29) is 5.78 Å². The number of anilines is 1. The molecule has 110 valence electrons. The molecule has 3 rings (SSSR count). The van der Waals surface area contributed by atoms with E-state index in [1.165, 1.54) is 10.4 Å². The van der Waals surface area contributed by atoms with Gasteiger partial charge in [-0.25, -0.2) is 0 Å². The molecule has 4 heteroatoms. The Bertz CT molecular complexity index is 720. The smallest absolute Gasteiger partial charge is 0.196 e. The summed E-state index contributed by atoms with van der Waals surface area (Å²) in [5.41, 5.74) is 9.63. The van der Waals surface area contributed by atoms with Crippen molar-refractivity contribution in [3.05, 3.63) is 50.4 Å². The molecule has 2 N–H and O–H groups in total. The molecule has 1 heterocycles. The fraction of sp³-hybridized carbons (Fsp3) is 0.353. The summed E-state index contributed by atoms with van der Waals surface area (Å²) in [7, 11) is 0. The normalized spacial score (nSPS) is 17.6. The number of hydrogen-bond acceptors (Lipinski definition) is 3. The number of hydrogen-bond donors (Lipinski definition) is 1. The Morgan fingerprint density at radius 2 is 2.19 bits per heavy atom. The van der Waals surface area contributed by atoms with Crippen molar-refractivity contribution in [2.24, 2.45) is 5.92 Å². The molecular formula is C17H18ClNOS. The second-order valence-electron chi connectivity index (χ2n) is 5.88. The van der Waals surface area contributed by atoms with Gasteiger partial charge in [-0.15, -0.1) is 11.3 Å². The number of benzene rings is 1. The Balaban J connectivity index is 2.04. The van der Waals surface area contributed by atoms with Gasteiger partial charge in [0.05, 0.1) is 10.6 Å². The van der Waals surface area contributed by atoms with Crippen LogP contribution in [0.3, 0.4) is 0 Å². The van der Waals surface area contributed by atoms with Crippen LogP contribution in [0, 0.1) is 12.8 Å². The molecule has 1 aromatic heterocycles. The van der Waals surface area contributed by atoms with Crippen molar-refractivity contribution in [3.63, 3.8) is 0 Å². The third kappa shape index (κ3) is 2.60. The Morgan fingerprint density at radius 1 is 1.43 bits per heavy atom. The number of carbonyl (C=O) groups excluding carboxylic acids is 1. The van der Waals surface area contributed by atoms with Crippen LogP contribution in [0.25, 0.3) is 0 Å². The first-order valence-electron chi connectivity index (χ1n) is 7.18. The first kappa shape index (κ1) is 14.6. The molecule has 2 nitrogen and oxygen atoms in total. The lowest BCUT2D eigenvalue weighted by Crippen LogP contribution is -2.13. The van der Waals surface area contributed by atoms with Crippen molar-refractivity contribution < 1.29 is 4.79 Å². The van der Waals surface area contributed by atoms with Gasteiger partial charge >= 0.3 is 0 Å². The number of halogens is 1. The van der Waals surface area contributed by atoms with E-state index in [1.807, 2.05) is 13.0 Å². The number of fused-ring (bicyclic) bond motifs is 1. The zero-order valence-corrected chi connectivity index (χ0v) is 13.8. The van der Waals surface area contributed by atoms with Crippen molar-refractivity contribution in [2.45, 2.75) is 33.1 Å². The Morgan fingerprint density at radius 3 is 2.90 bits per heavy atom. The summed E-state index contributed by atoms with van der Waals surface area (Å²) in [6.07, 6.45) is 3.12. The van der Waals surface area contributed by atoms with Crippen LogP contribution in [-0.4, -0.2) is 5.78 Å². The molecule has 0 fully saturated rings. The van der Waals surface area contributed by atoms with Gasteiger partial charge in [0.25, 0.3) is 0 Å². The topological polar surface area (TPSA) is 43.1 Å². The minimum atomic E-state index is 0.0271. The van der Waals surface area contributed by atoms with E-state index in [9.17, 15) is 4.79 Å². The maximum absolute atomic E-state index is 12.8. The minimum Gasteiger partial charge on any atom is -0.390 e. The van der Waals surface area contributed by atoms with E-state index in [2.05, 4.69) is 6.92 Å². The van der Waals surface area contributed by atoms with Gasteiger partial charge in [0.15, 0.2) is 5.78 Å². The predicted molar refractivity (Wildman–Crippen MR) is 89.5 cm³/mol. The number of ketones is 1. The standard InChI is InChI=1S/C17H18ClNOS/c1-9-3-5-12-14(7-9)21-17(19)15(12)16(20)11-4-6-13(18)10(2)8-11/h4,6,8-9H,3,5,7,19H2,1-2H3. The van der Waals surface area contributed by atoms with Crippen LogP contribution in [0.1, 0.15) is 45.3 Å². The lowest BCUT2D eigenvalue weighted by Gasteiger charge is -2.18. The quantitative estimate of drug-likeness (QED) is 0.819. The maximum atomic E-state index is 12.8. The third-order valence-corrected chi connectivity index (χ3v) is 5.69. The molecule has 1 aliphatic carbocycles. The summed E-state index contributed by atoms with van der Waals surface area (Å²) in [4.78, 5) is 14.1. The molecule has 0 bridgehead atoms. The van der Waals surface area contributed by atoms with Crippen LogP contribution in [0.5, 0.6) is 0 Å². The highest BCUT2D eigenvalue weighted by Gasteiger charge is 2.27. The fourth-order valence-corrected chi connectivity index (χ4v) is 4.35. The van der Waals surface area contributed by atoms with Crippen LogP contribution < -0.4 is 5.73 Å². The summed E-state index contributed by atoms with van der Waals surface area (Å²) in [6, 6.07) is 5.41. The molecule has 1 aromatic carbocycles. The SMILES string of the molecule is Cc1cc(C(=O)c2c(N)sc3c2CCC(C)C3)ccc1Cl. The Labute approximate surface area is 133 Å². The molecule has 0 saturated carbocycles. The monoisotopic (exact) mass is 319 g/mol. The predicted octanol–water partition coefficient (Wildman–Crippen LogP) is 4.65. The highest BCUT2D eigenvalue weighted by molar-refractivity contribution is 7.16. The van der Waals surface area contributed by atoms with E-state index >= 15 is 0 Å². The first-order valence-corrected chi connectivity index (χ1v) is 8.37. The van der Waals surface area contributed by atoms with Gasteiger partial charge in [-0.2, -0.15) is 0 Å². The van der Waals surface area contributed by atoms with Crippen molar-refractivity contribution in [1.82, 2.24) is 0 Å². The maximum Gasteiger partial charge on any atom is 0.196 e. The Kier molecular flexibility index (Phi) is 3.80. The molecule has 2 aromatic rings. The Hall–Kier alpha value is -1.32. The van der Waals surface area contributed by atoms with Crippen molar-refractivity contribution in [3.8, 4) is 0 Å². The summed E-state index contributed by atoms with van der Waals surface area (Å²) < 4.78 is 0. The summed E-state index contributed by atoms with van der Waals surface area (Å²) in [6.45, 7) is 4.16. The molecule has 0 amide bonds. The molecule has 1 atom stereocenters. The molecule has 0 spiro atoms. The molecule has 0 radical (unpaired) electrons. The van der Waals surface area contributed by atoms with E-state index in [0.717, 1.165) is 30.4 Å². The van der Waals surface area contributed by atoms with E-state index < -0.39 is 0 Å². The van der Waals surface area contributed by atoms with E-state index in [4.69, 9.17) is 17.3 Å². The molecule has 0 saturated heterocycles. The summed E-state index contributed by atoms with van der Waals surface area (Å²) >= 11 is 7.62. The number of nitrogens with two attached hydrogens (primary N) is 1. The minimum absolute atomic E-state index is 0.0271. The van der Waals surface area contributed by atoms with Crippen molar-refractivity contribution >= 4 is 33.7 Å². The fourth-order valence-electron chi connectivity index (χ4n) is 2.95. The number of thiophene rings is 1. The van der Waals surface area contributed by atoms with Crippen LogP contribution in [-0.2, 0) is 12.8 Å². The first-order chi connectivity index (χ1) is 9.97. The van der Waals surface area contributed by atoms with Gasteiger partial charge in [0.1, 0.15) is 0 Å². The van der Waals surface area contributed by atoms with Gasteiger partial charge < -0.3 is 5.73 Å². The number of rotatable bonds is 2. The van der Waals surface area contributed by atoms with Crippen LogP contribution >= 0.6 is 22.9 Å². The van der Waals surface area contributed by atoms with E-state index in [1.54, 1.807) is 23.5 Å². The van der Waals surface area contributed by atoms with Crippen LogP contribution in [0.4, 0.5) is 5.00 Å². The second kappa shape index (κ2) is 5.47. The molecule has 1 unspecified atom stereocenters. The summed E-state index contributed by atoms with van der Waals surface area (Å²) in [5, 5.41) is 1.34. The lowest BCUT2D eigenvalue weighted by molar-refractivity contribution is 0.103. The largest absolute Gasteiger partial charge is 0.390 e. The van der Waals surface area contributed by atoms with Gasteiger partial charge in [-0.1, -0.05) is 18.5 Å². The number of aryl methyl sites for hydroxylation is 1. The van der Waals surface area contributed by atoms with Crippen LogP contribution in [0.15, 0.2) is 18.2 Å². The zero-order chi connectivity index (χ0) is 15.1. The van der Waals surface area contributed by atoms with Crippen LogP contribution in [0.2, 0.25) is 5.02 Å². The van der Waals surface area contributed by atoms with Gasteiger partial charge in [0.2, 0.25) is 0 Å². The van der Waals surface area contributed by atoms with Crippen molar-refractivity contribution in [1.29, 1.82) is 0 Å². The zero-order valence-electron chi connectivity index (χ0n) is 12.2. The van der Waals surface area contributed by atoms with Gasteiger partial charge in [-0.05, 0) is 61.4 Å². The average Bonchev–Trinajstić information content (AvgIpc) is 2.76. The third-order valence-electron chi connectivity index (χ3n) is 4.19. The van der Waals surface area contributed by atoms with Crippen molar-refractivity contribution in [2.75, 3.05) is 5.73 Å². The van der Waals surface area contributed by atoms with E-state index in [0.29, 0.717) is 21.5 Å². The molecule has 1 aliphatic rings. The molecular weight excluding hydrogens is 302 g/mol. The van der Waals surface area contributed by atoms with Gasteiger partial charge in [0, 0.05) is 15.5 Å². The van der Waals surface area contributed by atoms with Gasteiger partial charge in [-0.3, -0.25) is 4.79 Å². The lowest BCUT2D eigenvalue weighted by atomic mass is 9.86. The number of nitrogen functional groups attached to an aromatic ring is 1. The average molecular weight is 320 g/mol. The molecule has 0 aliphatic heterocycles. The second-order valence-corrected chi connectivity index (χ2v) is 7.43. The highest BCUT2D eigenvalue weighted by Crippen LogP contribution is 2.39.